The van der Waals surface area contributed by atoms with Gasteiger partial charge in [-0.1, -0.05) is 13.5 Å². The third-order valence-corrected chi connectivity index (χ3v) is 2.49. The van der Waals surface area contributed by atoms with E-state index < -0.39 is 17.7 Å². The first-order valence-electron chi connectivity index (χ1n) is 5.00. The molecule has 0 saturated carbocycles. The van der Waals surface area contributed by atoms with Crippen LogP contribution in [0, 0.1) is 0 Å². The predicted octanol–water partition coefficient (Wildman–Crippen LogP) is -0.332. The highest BCUT2D eigenvalue weighted by molar-refractivity contribution is 5.89. The van der Waals surface area contributed by atoms with Crippen molar-refractivity contribution < 1.29 is 23.9 Å². The topological polar surface area (TPSA) is 66.4 Å². The highest BCUT2D eigenvalue weighted by Gasteiger charge is 2.47. The highest BCUT2D eigenvalue weighted by Crippen LogP contribution is 2.25. The number of quaternary nitrogens is 1. The van der Waals surface area contributed by atoms with Crippen LogP contribution in [0.4, 0.5) is 0 Å². The Labute approximate surface area is 95.9 Å². The van der Waals surface area contributed by atoms with E-state index in [1.165, 1.54) is 6.92 Å². The average molecular weight is 229 g/mol. The molecule has 5 nitrogen and oxygen atoms in total. The largest absolute Gasteiger partial charge is 0.541 e. The van der Waals surface area contributed by atoms with Gasteiger partial charge < -0.3 is 14.6 Å². The second kappa shape index (κ2) is 4.65. The number of hydrogen-bond acceptors (Lipinski definition) is 4. The van der Waals surface area contributed by atoms with E-state index in [2.05, 4.69) is 6.58 Å². The first-order chi connectivity index (χ1) is 7.08. The minimum absolute atomic E-state index is 0.0646. The predicted molar refractivity (Wildman–Crippen MR) is 57.0 cm³/mol. The summed E-state index contributed by atoms with van der Waals surface area (Å²) in [6.45, 7) is 6.52. The normalized spacial score (nSPS) is 15.1. The zero-order chi connectivity index (χ0) is 13.1. The minimum Gasteiger partial charge on any atom is -0.541 e. The molecule has 0 fully saturated rings. The summed E-state index contributed by atoms with van der Waals surface area (Å²) < 4.78 is 4.98. The van der Waals surface area contributed by atoms with Crippen LogP contribution in [0.2, 0.25) is 0 Å². The summed E-state index contributed by atoms with van der Waals surface area (Å²) in [6, 6.07) is 0. The van der Waals surface area contributed by atoms with E-state index >= 15 is 0 Å². The van der Waals surface area contributed by atoms with Crippen molar-refractivity contribution in [3.05, 3.63) is 12.2 Å². The van der Waals surface area contributed by atoms with Crippen molar-refractivity contribution in [2.24, 2.45) is 0 Å². The fraction of sp³-hybridized carbons (Fsp3) is 0.636. The fourth-order valence-corrected chi connectivity index (χ4v) is 1.38. The number of aliphatic carboxylic acids is 1. The molecule has 0 saturated heterocycles. The quantitative estimate of drug-likeness (QED) is 0.280. The molecular weight excluding hydrogens is 210 g/mol. The molecule has 0 aliphatic carbocycles. The van der Waals surface area contributed by atoms with Gasteiger partial charge in [0.25, 0.3) is 5.72 Å². The lowest BCUT2D eigenvalue weighted by Crippen LogP contribution is -2.67. The molecule has 0 rings (SSSR count). The van der Waals surface area contributed by atoms with Gasteiger partial charge in [0.15, 0.2) is 0 Å². The summed E-state index contributed by atoms with van der Waals surface area (Å²) >= 11 is 0. The highest BCUT2D eigenvalue weighted by atomic mass is 16.6. The van der Waals surface area contributed by atoms with Crippen molar-refractivity contribution in [2.45, 2.75) is 26.0 Å². The summed E-state index contributed by atoms with van der Waals surface area (Å²) in [7, 11) is 4.89. The average Bonchev–Trinajstić information content (AvgIpc) is 2.10. The van der Waals surface area contributed by atoms with Crippen molar-refractivity contribution in [2.75, 3.05) is 21.1 Å². The number of nitrogens with zero attached hydrogens (tertiary/aromatic N) is 1. The van der Waals surface area contributed by atoms with Crippen LogP contribution < -0.4 is 5.11 Å². The summed E-state index contributed by atoms with van der Waals surface area (Å²) in [5.74, 6) is -2.13. The molecule has 0 heterocycles. The molecule has 0 aromatic rings. The van der Waals surface area contributed by atoms with E-state index in [1.807, 2.05) is 0 Å². The number of ether oxygens (including phenoxy) is 1. The Balaban J connectivity index is 5.33. The zero-order valence-electron chi connectivity index (χ0n) is 10.5. The summed E-state index contributed by atoms with van der Waals surface area (Å²) in [5.41, 5.74) is -1.52. The number of carboxylic acids is 1. The van der Waals surface area contributed by atoms with Gasteiger partial charge in [-0.3, -0.25) is 4.48 Å². The number of carbonyl (C=O) groups is 2. The van der Waals surface area contributed by atoms with E-state index in [9.17, 15) is 14.7 Å². The SMILES string of the molecule is C=C(C)C(=O)OC(CC)(C(=O)[O-])[N+](C)(C)C. The molecule has 0 aliphatic heterocycles. The van der Waals surface area contributed by atoms with Crippen LogP contribution in [-0.4, -0.2) is 43.3 Å². The van der Waals surface area contributed by atoms with Gasteiger partial charge in [-0.25, -0.2) is 4.79 Å². The third kappa shape index (κ3) is 2.61. The molecule has 0 aliphatic rings. The fourth-order valence-electron chi connectivity index (χ4n) is 1.38. The Morgan fingerprint density at radius 2 is 1.81 bits per heavy atom. The summed E-state index contributed by atoms with van der Waals surface area (Å²) in [6.07, 6.45) is 0.123. The number of rotatable bonds is 5. The molecule has 5 heteroatoms. The number of hydrogen-bond donors (Lipinski definition) is 0. The van der Waals surface area contributed by atoms with Gasteiger partial charge in [-0.15, -0.1) is 0 Å². The van der Waals surface area contributed by atoms with Crippen LogP contribution in [0.5, 0.6) is 0 Å². The number of esters is 1. The van der Waals surface area contributed by atoms with E-state index in [0.717, 1.165) is 0 Å². The molecule has 0 amide bonds. The Morgan fingerprint density at radius 1 is 1.38 bits per heavy atom. The summed E-state index contributed by atoms with van der Waals surface area (Å²) in [4.78, 5) is 22.7. The lowest BCUT2D eigenvalue weighted by atomic mass is 10.1. The van der Waals surface area contributed by atoms with Crippen LogP contribution in [0.25, 0.3) is 0 Å². The lowest BCUT2D eigenvalue weighted by Gasteiger charge is -2.44. The molecule has 1 unspecified atom stereocenters. The van der Waals surface area contributed by atoms with Gasteiger partial charge in [0.2, 0.25) is 0 Å². The molecular formula is C11H19NO4. The van der Waals surface area contributed by atoms with Gasteiger partial charge in [0.1, 0.15) is 5.97 Å². The molecule has 16 heavy (non-hydrogen) atoms. The molecule has 0 radical (unpaired) electrons. The first-order valence-corrected chi connectivity index (χ1v) is 5.00. The lowest BCUT2D eigenvalue weighted by molar-refractivity contribution is -0.939. The maximum Gasteiger partial charge on any atom is 0.338 e. The van der Waals surface area contributed by atoms with E-state index in [4.69, 9.17) is 4.74 Å². The van der Waals surface area contributed by atoms with Crippen LogP contribution in [0.15, 0.2) is 12.2 Å². The number of carbonyl (C=O) groups excluding carboxylic acids is 2. The second-order valence-electron chi connectivity index (χ2n) is 4.61. The molecule has 1 atom stereocenters. The van der Waals surface area contributed by atoms with Crippen molar-refractivity contribution in [1.82, 2.24) is 0 Å². The Bertz CT molecular complexity index is 316. The molecule has 0 bridgehead atoms. The zero-order valence-corrected chi connectivity index (χ0v) is 10.5. The van der Waals surface area contributed by atoms with Crippen LogP contribution in [0.3, 0.4) is 0 Å². The van der Waals surface area contributed by atoms with Crippen LogP contribution in [0.1, 0.15) is 20.3 Å². The molecule has 92 valence electrons. The smallest absolute Gasteiger partial charge is 0.338 e. The van der Waals surface area contributed by atoms with Crippen molar-refractivity contribution in [3.8, 4) is 0 Å². The summed E-state index contributed by atoms with van der Waals surface area (Å²) in [5, 5.41) is 11.2. The Hall–Kier alpha value is -1.36. The van der Waals surface area contributed by atoms with Gasteiger partial charge in [0.05, 0.1) is 21.1 Å². The molecule has 0 N–H and O–H groups in total. The molecule has 0 aromatic heterocycles. The van der Waals surface area contributed by atoms with E-state index in [-0.39, 0.29) is 16.5 Å². The number of carboxylic acid groups (broad SMARTS) is 1. The van der Waals surface area contributed by atoms with E-state index in [1.54, 1.807) is 28.1 Å². The van der Waals surface area contributed by atoms with E-state index in [0.29, 0.717) is 0 Å². The van der Waals surface area contributed by atoms with Crippen molar-refractivity contribution in [1.29, 1.82) is 0 Å². The Kier molecular flexibility index (Phi) is 4.26. The first kappa shape index (κ1) is 14.6. The maximum atomic E-state index is 11.4. The van der Waals surface area contributed by atoms with Gasteiger partial charge in [-0.2, -0.15) is 0 Å². The van der Waals surface area contributed by atoms with Crippen LogP contribution in [-0.2, 0) is 14.3 Å². The number of likely N-dealkylation sites (N-methyl/N-ethyl adjacent to an activating group) is 1. The second-order valence-corrected chi connectivity index (χ2v) is 4.61. The van der Waals surface area contributed by atoms with Gasteiger partial charge in [-0.05, 0) is 6.92 Å². The maximum absolute atomic E-state index is 11.4. The molecule has 0 aromatic carbocycles. The van der Waals surface area contributed by atoms with Crippen molar-refractivity contribution in [3.63, 3.8) is 0 Å². The third-order valence-electron chi connectivity index (χ3n) is 2.49. The minimum atomic E-state index is -1.68. The monoisotopic (exact) mass is 229 g/mol. The van der Waals surface area contributed by atoms with Gasteiger partial charge in [0, 0.05) is 12.0 Å². The van der Waals surface area contributed by atoms with Crippen molar-refractivity contribution >= 4 is 11.9 Å². The van der Waals surface area contributed by atoms with Crippen LogP contribution >= 0.6 is 0 Å². The standard InChI is InChI=1S/C11H19NO4/c1-7-11(10(14)15,12(4,5)6)16-9(13)8(2)3/h2,7H2,1,3-6H3. The van der Waals surface area contributed by atoms with Gasteiger partial charge >= 0.3 is 5.97 Å². The Morgan fingerprint density at radius 3 is 2.00 bits per heavy atom. The molecule has 0 spiro atoms.